The number of imidazole rings is 1. The lowest BCUT2D eigenvalue weighted by Crippen LogP contribution is -2.14. The molecule has 1 atom stereocenters. The first-order valence-electron chi connectivity index (χ1n) is 5.14. The maximum absolute atomic E-state index is 10.9. The Morgan fingerprint density at radius 2 is 2.20 bits per heavy atom. The summed E-state index contributed by atoms with van der Waals surface area (Å²) in [6.45, 7) is 8.03. The maximum atomic E-state index is 10.9. The van der Waals surface area contributed by atoms with E-state index in [-0.39, 0.29) is 5.41 Å². The summed E-state index contributed by atoms with van der Waals surface area (Å²) < 4.78 is 0. The molecule has 1 rings (SSSR count). The molecule has 84 valence electrons. The average molecular weight is 210 g/mol. The number of nitrogens with one attached hydrogen (secondary N) is 1. The summed E-state index contributed by atoms with van der Waals surface area (Å²) in [5.74, 6) is -0.802. The number of rotatable bonds is 3. The lowest BCUT2D eigenvalue weighted by atomic mass is 9.93. The molecule has 2 N–H and O–H groups in total. The van der Waals surface area contributed by atoms with Gasteiger partial charge in [-0.15, -0.1) is 0 Å². The second kappa shape index (κ2) is 4.04. The van der Waals surface area contributed by atoms with Crippen molar-refractivity contribution in [1.29, 1.82) is 0 Å². The van der Waals surface area contributed by atoms with E-state index in [0.717, 1.165) is 5.69 Å². The van der Waals surface area contributed by atoms with Gasteiger partial charge in [0.2, 0.25) is 0 Å². The second-order valence-corrected chi connectivity index (χ2v) is 4.73. The molecule has 0 saturated heterocycles. The van der Waals surface area contributed by atoms with E-state index in [9.17, 15) is 4.79 Å². The van der Waals surface area contributed by atoms with Gasteiger partial charge in [-0.3, -0.25) is 4.79 Å². The molecule has 1 heterocycles. The van der Waals surface area contributed by atoms with Crippen molar-refractivity contribution in [3.05, 3.63) is 17.7 Å². The van der Waals surface area contributed by atoms with Gasteiger partial charge in [-0.25, -0.2) is 4.98 Å². The van der Waals surface area contributed by atoms with Gasteiger partial charge in [-0.2, -0.15) is 0 Å². The van der Waals surface area contributed by atoms with Crippen LogP contribution in [0.2, 0.25) is 0 Å². The number of aromatic nitrogens is 2. The minimum absolute atomic E-state index is 0.0257. The van der Waals surface area contributed by atoms with Crippen LogP contribution in [0.5, 0.6) is 0 Å². The van der Waals surface area contributed by atoms with Crippen LogP contribution < -0.4 is 0 Å². The minimum atomic E-state index is -0.827. The molecule has 15 heavy (non-hydrogen) atoms. The lowest BCUT2D eigenvalue weighted by molar-refractivity contribution is -0.139. The molecule has 0 aromatic carbocycles. The number of nitrogens with zero attached hydrogens (tertiary/aromatic N) is 1. The molecule has 0 fully saturated rings. The molecular weight excluding hydrogens is 192 g/mol. The van der Waals surface area contributed by atoms with Gasteiger partial charge in [0, 0.05) is 17.3 Å². The molecule has 1 aromatic heterocycles. The number of carboxylic acid groups (broad SMARTS) is 1. The summed E-state index contributed by atoms with van der Waals surface area (Å²) in [4.78, 5) is 18.2. The molecule has 0 amide bonds. The number of hydrogen-bond acceptors (Lipinski definition) is 2. The second-order valence-electron chi connectivity index (χ2n) is 4.73. The van der Waals surface area contributed by atoms with Crippen molar-refractivity contribution >= 4 is 5.97 Å². The summed E-state index contributed by atoms with van der Waals surface area (Å²) in [5, 5.41) is 8.98. The number of carbonyl (C=O) groups is 1. The first-order chi connectivity index (χ1) is 6.86. The van der Waals surface area contributed by atoms with Crippen LogP contribution in [0.15, 0.2) is 6.20 Å². The number of aromatic amines is 1. The van der Waals surface area contributed by atoms with Gasteiger partial charge in [0.15, 0.2) is 0 Å². The summed E-state index contributed by atoms with van der Waals surface area (Å²) in [6.07, 6.45) is 2.27. The lowest BCUT2D eigenvalue weighted by Gasteiger charge is -2.15. The fraction of sp³-hybridized carbons (Fsp3) is 0.636. The molecule has 0 aliphatic rings. The van der Waals surface area contributed by atoms with Crippen LogP contribution >= 0.6 is 0 Å². The molecule has 1 aromatic rings. The van der Waals surface area contributed by atoms with Crippen LogP contribution in [0, 0.1) is 0 Å². The highest BCUT2D eigenvalue weighted by Gasteiger charge is 2.23. The third-order valence-electron chi connectivity index (χ3n) is 2.44. The number of hydrogen-bond donors (Lipinski definition) is 2. The van der Waals surface area contributed by atoms with Gasteiger partial charge in [0.1, 0.15) is 11.7 Å². The molecule has 0 spiro atoms. The molecule has 1 unspecified atom stereocenters. The Hall–Kier alpha value is -1.32. The first kappa shape index (κ1) is 11.8. The molecule has 0 radical (unpaired) electrons. The van der Waals surface area contributed by atoms with Crippen molar-refractivity contribution in [3.8, 4) is 0 Å². The van der Waals surface area contributed by atoms with Crippen LogP contribution in [0.4, 0.5) is 0 Å². The van der Waals surface area contributed by atoms with E-state index in [0.29, 0.717) is 12.2 Å². The van der Waals surface area contributed by atoms with Crippen molar-refractivity contribution in [1.82, 2.24) is 9.97 Å². The van der Waals surface area contributed by atoms with E-state index in [2.05, 4.69) is 30.7 Å². The van der Waals surface area contributed by atoms with Gasteiger partial charge in [0.25, 0.3) is 0 Å². The highest BCUT2D eigenvalue weighted by atomic mass is 16.4. The molecule has 0 bridgehead atoms. The van der Waals surface area contributed by atoms with Gasteiger partial charge in [-0.05, 0) is 6.42 Å². The quantitative estimate of drug-likeness (QED) is 0.804. The molecular formula is C11H18N2O2. The largest absolute Gasteiger partial charge is 0.481 e. The fourth-order valence-corrected chi connectivity index (χ4v) is 1.38. The van der Waals surface area contributed by atoms with E-state index in [1.807, 2.05) is 6.92 Å². The minimum Gasteiger partial charge on any atom is -0.481 e. The first-order valence-corrected chi connectivity index (χ1v) is 5.14. The topological polar surface area (TPSA) is 66.0 Å². The van der Waals surface area contributed by atoms with Gasteiger partial charge in [0.05, 0.1) is 0 Å². The number of H-pyrrole nitrogens is 1. The zero-order valence-electron chi connectivity index (χ0n) is 9.66. The fourth-order valence-electron chi connectivity index (χ4n) is 1.38. The van der Waals surface area contributed by atoms with E-state index in [4.69, 9.17) is 5.11 Å². The summed E-state index contributed by atoms with van der Waals surface area (Å²) >= 11 is 0. The molecule has 0 saturated carbocycles. The smallest absolute Gasteiger partial charge is 0.314 e. The van der Waals surface area contributed by atoms with Crippen LogP contribution in [-0.4, -0.2) is 21.0 Å². The zero-order valence-corrected chi connectivity index (χ0v) is 9.66. The molecule has 4 nitrogen and oxygen atoms in total. The molecule has 0 aliphatic heterocycles. The average Bonchev–Trinajstić information content (AvgIpc) is 2.52. The van der Waals surface area contributed by atoms with Crippen LogP contribution in [0.25, 0.3) is 0 Å². The standard InChI is InChI=1S/C11H18N2O2/c1-5-7(10(14)15)9-12-6-8(13-9)11(2,3)4/h6-7H,5H2,1-4H3,(H,12,13)(H,14,15). The monoisotopic (exact) mass is 210 g/mol. The van der Waals surface area contributed by atoms with Gasteiger partial charge in [-0.1, -0.05) is 27.7 Å². The zero-order chi connectivity index (χ0) is 11.6. The van der Waals surface area contributed by atoms with Crippen molar-refractivity contribution in [2.24, 2.45) is 0 Å². The maximum Gasteiger partial charge on any atom is 0.314 e. The Labute approximate surface area is 89.7 Å². The van der Waals surface area contributed by atoms with E-state index >= 15 is 0 Å². The highest BCUT2D eigenvalue weighted by molar-refractivity contribution is 5.74. The van der Waals surface area contributed by atoms with Gasteiger partial charge >= 0.3 is 5.97 Å². The molecule has 4 heteroatoms. The Balaban J connectivity index is 2.97. The third kappa shape index (κ3) is 2.58. The Morgan fingerprint density at radius 1 is 1.60 bits per heavy atom. The van der Waals surface area contributed by atoms with E-state index < -0.39 is 11.9 Å². The normalized spacial score (nSPS) is 13.9. The Kier molecular flexibility index (Phi) is 3.17. The predicted molar refractivity (Wildman–Crippen MR) is 58.0 cm³/mol. The van der Waals surface area contributed by atoms with Crippen molar-refractivity contribution in [2.45, 2.75) is 45.4 Å². The van der Waals surface area contributed by atoms with Crippen LogP contribution in [-0.2, 0) is 10.2 Å². The van der Waals surface area contributed by atoms with Crippen molar-refractivity contribution < 1.29 is 9.90 Å². The number of carboxylic acids is 1. The highest BCUT2D eigenvalue weighted by Crippen LogP contribution is 2.23. The summed E-state index contributed by atoms with van der Waals surface area (Å²) in [6, 6.07) is 0. The SMILES string of the molecule is CCC(C(=O)O)c1ncc(C(C)(C)C)[nH]1. The van der Waals surface area contributed by atoms with E-state index in [1.54, 1.807) is 6.20 Å². The van der Waals surface area contributed by atoms with Crippen LogP contribution in [0.1, 0.15) is 51.6 Å². The van der Waals surface area contributed by atoms with Crippen LogP contribution in [0.3, 0.4) is 0 Å². The Bertz CT molecular complexity index is 350. The summed E-state index contributed by atoms with van der Waals surface area (Å²) in [5.41, 5.74) is 0.944. The van der Waals surface area contributed by atoms with Crippen molar-refractivity contribution in [2.75, 3.05) is 0 Å². The molecule has 0 aliphatic carbocycles. The van der Waals surface area contributed by atoms with Gasteiger partial charge < -0.3 is 10.1 Å². The predicted octanol–water partition coefficient (Wildman–Crippen LogP) is 2.29. The Morgan fingerprint density at radius 3 is 2.53 bits per heavy atom. The number of aliphatic carboxylic acids is 1. The third-order valence-corrected chi connectivity index (χ3v) is 2.44. The van der Waals surface area contributed by atoms with E-state index in [1.165, 1.54) is 0 Å². The van der Waals surface area contributed by atoms with Crippen molar-refractivity contribution in [3.63, 3.8) is 0 Å². The summed E-state index contributed by atoms with van der Waals surface area (Å²) in [7, 11) is 0.